The van der Waals surface area contributed by atoms with Crippen LogP contribution < -0.4 is 10.6 Å². The number of ether oxygens (including phenoxy) is 1. The van der Waals surface area contributed by atoms with Crippen LogP contribution in [0, 0.1) is 5.92 Å². The first-order chi connectivity index (χ1) is 12.8. The summed E-state index contributed by atoms with van der Waals surface area (Å²) in [4.78, 5) is 18.9. The van der Waals surface area contributed by atoms with Crippen LogP contribution in [0.2, 0.25) is 0 Å². The number of aliphatic imine (C=N–C) groups is 1. The van der Waals surface area contributed by atoms with E-state index >= 15 is 0 Å². The summed E-state index contributed by atoms with van der Waals surface area (Å²) in [5, 5.41) is 16.5. The first kappa shape index (κ1) is 25.3. The molecule has 0 radical (unpaired) electrons. The van der Waals surface area contributed by atoms with Crippen molar-refractivity contribution in [1.82, 2.24) is 15.5 Å². The quantitative estimate of drug-likeness (QED) is 0.308. The Kier molecular flexibility index (Phi) is 10.9. The van der Waals surface area contributed by atoms with Crippen LogP contribution in [0.25, 0.3) is 0 Å². The number of aliphatic hydroxyl groups excluding tert-OH is 1. The first-order valence-corrected chi connectivity index (χ1v) is 10.5. The lowest BCUT2D eigenvalue weighted by molar-refractivity contribution is 0.0170. The van der Waals surface area contributed by atoms with Gasteiger partial charge < -0.3 is 25.4 Å². The van der Waals surface area contributed by atoms with E-state index in [2.05, 4.69) is 17.6 Å². The average molecular weight is 510 g/mol. The molecule has 1 unspecified atom stereocenters. The maximum absolute atomic E-state index is 12.3. The van der Waals surface area contributed by atoms with Crippen molar-refractivity contribution in [2.45, 2.75) is 84.0 Å². The molecule has 164 valence electrons. The van der Waals surface area contributed by atoms with E-state index in [9.17, 15) is 9.90 Å². The van der Waals surface area contributed by atoms with Gasteiger partial charge in [0.2, 0.25) is 0 Å². The summed E-state index contributed by atoms with van der Waals surface area (Å²) in [6, 6.07) is 0.371. The van der Waals surface area contributed by atoms with Gasteiger partial charge in [0, 0.05) is 32.2 Å². The van der Waals surface area contributed by atoms with E-state index < -0.39 is 5.60 Å². The zero-order valence-electron chi connectivity index (χ0n) is 17.9. The Bertz CT molecular complexity index is 502. The minimum atomic E-state index is -0.460. The molecule has 2 aliphatic rings. The molecule has 0 bridgehead atoms. The topological polar surface area (TPSA) is 86.2 Å². The molecule has 2 fully saturated rings. The highest BCUT2D eigenvalue weighted by molar-refractivity contribution is 14.0. The molecule has 0 aromatic rings. The molecule has 8 heteroatoms. The van der Waals surface area contributed by atoms with Gasteiger partial charge >= 0.3 is 6.09 Å². The van der Waals surface area contributed by atoms with Crippen molar-refractivity contribution < 1.29 is 14.6 Å². The number of hydrogen-bond acceptors (Lipinski definition) is 4. The van der Waals surface area contributed by atoms with Crippen molar-refractivity contribution in [2.24, 2.45) is 10.9 Å². The van der Waals surface area contributed by atoms with Crippen LogP contribution in [-0.4, -0.2) is 66.0 Å². The number of rotatable bonds is 4. The normalized spacial score (nSPS) is 26.2. The Hall–Kier alpha value is -0.770. The lowest BCUT2D eigenvalue weighted by atomic mass is 9.93. The number of amides is 1. The van der Waals surface area contributed by atoms with Crippen LogP contribution in [0.15, 0.2) is 4.99 Å². The number of piperidine rings is 1. The van der Waals surface area contributed by atoms with E-state index in [0.29, 0.717) is 25.0 Å². The summed E-state index contributed by atoms with van der Waals surface area (Å²) in [5.74, 6) is 1.20. The molecular weight excluding hydrogens is 471 g/mol. The van der Waals surface area contributed by atoms with Crippen LogP contribution in [-0.2, 0) is 4.74 Å². The molecule has 2 rings (SSSR count). The molecule has 0 aromatic carbocycles. The number of carbonyl (C=O) groups is 1. The lowest BCUT2D eigenvalue weighted by Crippen LogP contribution is -2.46. The molecule has 1 aliphatic heterocycles. The molecule has 1 aliphatic carbocycles. The third-order valence-electron chi connectivity index (χ3n) is 5.06. The van der Waals surface area contributed by atoms with Crippen LogP contribution in [0.3, 0.4) is 0 Å². The molecule has 3 N–H and O–H groups in total. The highest BCUT2D eigenvalue weighted by Crippen LogP contribution is 2.20. The van der Waals surface area contributed by atoms with Gasteiger partial charge in [0.05, 0.1) is 6.10 Å². The molecule has 1 saturated carbocycles. The molecule has 0 aromatic heterocycles. The predicted molar refractivity (Wildman–Crippen MR) is 123 cm³/mol. The summed E-state index contributed by atoms with van der Waals surface area (Å²) in [6.07, 6.45) is 5.35. The maximum atomic E-state index is 12.3. The molecular formula is C20H39IN4O3. The van der Waals surface area contributed by atoms with Crippen LogP contribution >= 0.6 is 24.0 Å². The van der Waals surface area contributed by atoms with Crippen LogP contribution in [0.1, 0.15) is 66.2 Å². The van der Waals surface area contributed by atoms with Crippen molar-refractivity contribution in [3.8, 4) is 0 Å². The van der Waals surface area contributed by atoms with Crippen molar-refractivity contribution in [3.63, 3.8) is 0 Å². The maximum Gasteiger partial charge on any atom is 0.410 e. The van der Waals surface area contributed by atoms with Gasteiger partial charge in [0.15, 0.2) is 5.96 Å². The molecule has 7 nitrogen and oxygen atoms in total. The van der Waals surface area contributed by atoms with E-state index in [0.717, 1.165) is 57.6 Å². The van der Waals surface area contributed by atoms with Gasteiger partial charge in [-0.25, -0.2) is 4.79 Å². The minimum absolute atomic E-state index is 0. The molecule has 28 heavy (non-hydrogen) atoms. The number of nitrogens with zero attached hydrogens (tertiary/aromatic N) is 2. The Morgan fingerprint density at radius 2 is 1.89 bits per heavy atom. The van der Waals surface area contributed by atoms with Gasteiger partial charge in [-0.05, 0) is 72.1 Å². The number of likely N-dealkylation sites (tertiary alicyclic amines) is 1. The highest BCUT2D eigenvalue weighted by atomic mass is 127. The van der Waals surface area contributed by atoms with Crippen molar-refractivity contribution in [1.29, 1.82) is 0 Å². The van der Waals surface area contributed by atoms with Crippen molar-refractivity contribution in [3.05, 3.63) is 0 Å². The monoisotopic (exact) mass is 510 g/mol. The fraction of sp³-hybridized carbons (Fsp3) is 0.900. The van der Waals surface area contributed by atoms with E-state index in [1.807, 2.05) is 25.7 Å². The summed E-state index contributed by atoms with van der Waals surface area (Å²) in [7, 11) is 0. The standard InChI is InChI=1S/C20H38N4O3.HI/c1-5-21-18(23-16-8-10-17(25)11-9-16)22-13-15-7-6-12-24(14-15)19(26)27-20(2,3)4;/h15-17,25H,5-14H2,1-4H3,(H2,21,22,23);1H. The van der Waals surface area contributed by atoms with Gasteiger partial charge in [-0.2, -0.15) is 0 Å². The summed E-state index contributed by atoms with van der Waals surface area (Å²) in [6.45, 7) is 10.7. The Balaban J connectivity index is 0.00000392. The smallest absolute Gasteiger partial charge is 0.410 e. The number of nitrogens with one attached hydrogen (secondary N) is 2. The number of carbonyl (C=O) groups excluding carboxylic acids is 1. The summed E-state index contributed by atoms with van der Waals surface area (Å²) >= 11 is 0. The Morgan fingerprint density at radius 1 is 1.21 bits per heavy atom. The van der Waals surface area contributed by atoms with Crippen molar-refractivity contribution >= 4 is 36.0 Å². The Labute approximate surface area is 187 Å². The second-order valence-corrected chi connectivity index (χ2v) is 8.80. The second-order valence-electron chi connectivity index (χ2n) is 8.80. The van der Waals surface area contributed by atoms with Gasteiger partial charge in [0.1, 0.15) is 5.60 Å². The second kappa shape index (κ2) is 12.0. The SMILES string of the molecule is CCNC(=NCC1CCCN(C(=O)OC(C)(C)C)C1)NC1CCC(O)CC1.I. The molecule has 1 atom stereocenters. The number of guanidine groups is 1. The minimum Gasteiger partial charge on any atom is -0.444 e. The van der Waals surface area contributed by atoms with Crippen molar-refractivity contribution in [2.75, 3.05) is 26.2 Å². The van der Waals surface area contributed by atoms with Gasteiger partial charge in [-0.1, -0.05) is 0 Å². The zero-order chi connectivity index (χ0) is 19.9. The number of hydrogen-bond donors (Lipinski definition) is 3. The fourth-order valence-corrected chi connectivity index (χ4v) is 3.66. The third kappa shape index (κ3) is 9.15. The number of halogens is 1. The first-order valence-electron chi connectivity index (χ1n) is 10.5. The average Bonchev–Trinajstić information content (AvgIpc) is 2.60. The summed E-state index contributed by atoms with van der Waals surface area (Å²) < 4.78 is 5.50. The highest BCUT2D eigenvalue weighted by Gasteiger charge is 2.27. The zero-order valence-corrected chi connectivity index (χ0v) is 20.2. The van der Waals surface area contributed by atoms with E-state index in [1.165, 1.54) is 0 Å². The van der Waals surface area contributed by atoms with Crippen LogP contribution in [0.5, 0.6) is 0 Å². The van der Waals surface area contributed by atoms with Gasteiger partial charge in [0.25, 0.3) is 0 Å². The molecule has 0 spiro atoms. The van der Waals surface area contributed by atoms with Gasteiger partial charge in [-0.3, -0.25) is 4.99 Å². The lowest BCUT2D eigenvalue weighted by Gasteiger charge is -2.33. The molecule has 1 saturated heterocycles. The number of aliphatic hydroxyl groups is 1. The van der Waals surface area contributed by atoms with E-state index in [1.54, 1.807) is 0 Å². The Morgan fingerprint density at radius 3 is 2.50 bits per heavy atom. The summed E-state index contributed by atoms with van der Waals surface area (Å²) in [5.41, 5.74) is -0.460. The fourth-order valence-electron chi connectivity index (χ4n) is 3.66. The van der Waals surface area contributed by atoms with E-state index in [-0.39, 0.29) is 36.2 Å². The predicted octanol–water partition coefficient (Wildman–Crippen LogP) is 3.11. The van der Waals surface area contributed by atoms with Crippen LogP contribution in [0.4, 0.5) is 4.79 Å². The third-order valence-corrected chi connectivity index (χ3v) is 5.06. The van der Waals surface area contributed by atoms with E-state index in [4.69, 9.17) is 9.73 Å². The largest absolute Gasteiger partial charge is 0.444 e. The molecule has 1 heterocycles. The van der Waals surface area contributed by atoms with Gasteiger partial charge in [-0.15, -0.1) is 24.0 Å². The molecule has 1 amide bonds.